The Morgan fingerprint density at radius 3 is 2.89 bits per heavy atom. The molecule has 0 amide bonds. The van der Waals surface area contributed by atoms with Crippen molar-refractivity contribution in [3.05, 3.63) is 52.5 Å². The lowest BCUT2D eigenvalue weighted by Gasteiger charge is -2.25. The zero-order valence-electron chi connectivity index (χ0n) is 14.0. The van der Waals surface area contributed by atoms with E-state index >= 15 is 0 Å². The monoisotopic (exact) mass is 376 g/mol. The Balaban J connectivity index is 2.19. The summed E-state index contributed by atoms with van der Waals surface area (Å²) in [6.45, 7) is -3.06. The van der Waals surface area contributed by atoms with E-state index in [0.717, 1.165) is 0 Å². The molecule has 0 saturated carbocycles. The Morgan fingerprint density at radius 2 is 2.22 bits per heavy atom. The van der Waals surface area contributed by atoms with Crippen LogP contribution in [-0.4, -0.2) is 29.9 Å². The molecule has 0 unspecified atom stereocenters. The molecule has 140 valence electrons. The Hall–Kier alpha value is -3.61. The number of allylic oxidation sites excluding steroid dienone is 1. The molecule has 2 aromatic rings. The number of nitrogens with zero attached hydrogens (tertiary/aromatic N) is 2. The summed E-state index contributed by atoms with van der Waals surface area (Å²) in [7, 11) is 1.23. The van der Waals surface area contributed by atoms with Crippen molar-refractivity contribution in [3.8, 4) is 17.7 Å². The SMILES string of the molecule is COC(=O)Cc1[nH]nc2c1[C@H](c1ccccc1OC(F)F)C(C#N)=C(N)O2. The third-order valence-electron chi connectivity index (χ3n) is 4.01. The van der Waals surface area contributed by atoms with Gasteiger partial charge in [-0.2, -0.15) is 14.0 Å². The van der Waals surface area contributed by atoms with E-state index in [0.29, 0.717) is 11.3 Å². The van der Waals surface area contributed by atoms with Gasteiger partial charge in [0.1, 0.15) is 17.4 Å². The number of carbonyl (C=O) groups excluding carboxylic acids is 1. The molecule has 0 saturated heterocycles. The average molecular weight is 376 g/mol. The minimum atomic E-state index is -3.06. The van der Waals surface area contributed by atoms with Crippen LogP contribution in [-0.2, 0) is 16.0 Å². The van der Waals surface area contributed by atoms with Crippen molar-refractivity contribution < 1.29 is 27.8 Å². The summed E-state index contributed by atoms with van der Waals surface area (Å²) in [6, 6.07) is 7.94. The lowest BCUT2D eigenvalue weighted by atomic mass is 9.83. The van der Waals surface area contributed by atoms with Crippen molar-refractivity contribution in [2.75, 3.05) is 7.11 Å². The van der Waals surface area contributed by atoms with Crippen LogP contribution in [0.3, 0.4) is 0 Å². The third kappa shape index (κ3) is 3.39. The van der Waals surface area contributed by atoms with Gasteiger partial charge in [0.05, 0.1) is 30.7 Å². The summed E-state index contributed by atoms with van der Waals surface area (Å²) in [5.74, 6) is -1.76. The molecule has 8 nitrogen and oxygen atoms in total. The van der Waals surface area contributed by atoms with Gasteiger partial charge in [-0.05, 0) is 6.07 Å². The number of ether oxygens (including phenoxy) is 3. The minimum Gasteiger partial charge on any atom is -0.469 e. The molecule has 10 heteroatoms. The molecule has 0 spiro atoms. The number of nitrogens with two attached hydrogens (primary N) is 1. The normalized spacial score (nSPS) is 15.7. The lowest BCUT2D eigenvalue weighted by Crippen LogP contribution is -2.22. The van der Waals surface area contributed by atoms with Crippen molar-refractivity contribution >= 4 is 5.97 Å². The van der Waals surface area contributed by atoms with Crippen molar-refractivity contribution in [2.24, 2.45) is 5.73 Å². The molecule has 0 bridgehead atoms. The molecule has 0 aliphatic carbocycles. The first-order valence-corrected chi connectivity index (χ1v) is 7.71. The maximum atomic E-state index is 12.8. The zero-order chi connectivity index (χ0) is 19.6. The average Bonchev–Trinajstić information content (AvgIpc) is 3.02. The molecule has 1 aromatic carbocycles. The van der Waals surface area contributed by atoms with E-state index in [1.807, 2.05) is 6.07 Å². The zero-order valence-corrected chi connectivity index (χ0v) is 14.0. The molecule has 0 fully saturated rings. The summed E-state index contributed by atoms with van der Waals surface area (Å²) in [4.78, 5) is 11.7. The highest BCUT2D eigenvalue weighted by Gasteiger charge is 2.37. The van der Waals surface area contributed by atoms with Crippen molar-refractivity contribution in [3.63, 3.8) is 0 Å². The van der Waals surface area contributed by atoms with Crippen LogP contribution in [0.25, 0.3) is 0 Å². The van der Waals surface area contributed by atoms with Gasteiger partial charge >= 0.3 is 12.6 Å². The highest BCUT2D eigenvalue weighted by Crippen LogP contribution is 2.45. The van der Waals surface area contributed by atoms with Crippen molar-refractivity contribution in [2.45, 2.75) is 19.0 Å². The smallest absolute Gasteiger partial charge is 0.387 e. The van der Waals surface area contributed by atoms with Gasteiger partial charge in [0.2, 0.25) is 11.8 Å². The van der Waals surface area contributed by atoms with E-state index < -0.39 is 18.5 Å². The van der Waals surface area contributed by atoms with E-state index in [1.165, 1.54) is 25.3 Å². The highest BCUT2D eigenvalue weighted by atomic mass is 19.3. The first-order valence-electron chi connectivity index (χ1n) is 7.71. The number of hydrogen-bond donors (Lipinski definition) is 2. The largest absolute Gasteiger partial charge is 0.469 e. The summed E-state index contributed by atoms with van der Waals surface area (Å²) < 4.78 is 40.3. The van der Waals surface area contributed by atoms with E-state index in [2.05, 4.69) is 19.7 Å². The van der Waals surface area contributed by atoms with Crippen LogP contribution in [0.5, 0.6) is 11.6 Å². The first-order chi connectivity index (χ1) is 13.0. The van der Waals surface area contributed by atoms with E-state index in [4.69, 9.17) is 10.5 Å². The number of methoxy groups -OCH3 is 1. The second-order valence-corrected chi connectivity index (χ2v) is 5.52. The van der Waals surface area contributed by atoms with Crippen LogP contribution >= 0.6 is 0 Å². The fourth-order valence-electron chi connectivity index (χ4n) is 2.89. The summed E-state index contributed by atoms with van der Waals surface area (Å²) in [5.41, 5.74) is 6.71. The number of fused-ring (bicyclic) bond motifs is 1. The van der Waals surface area contributed by atoms with E-state index in [-0.39, 0.29) is 35.1 Å². The maximum absolute atomic E-state index is 12.8. The predicted octanol–water partition coefficient (Wildman–Crippen LogP) is 1.94. The number of nitrogens with one attached hydrogen (secondary N) is 1. The number of halogens is 2. The lowest BCUT2D eigenvalue weighted by molar-refractivity contribution is -0.139. The van der Waals surface area contributed by atoms with Crippen LogP contribution in [0.1, 0.15) is 22.7 Å². The highest BCUT2D eigenvalue weighted by molar-refractivity contribution is 5.73. The number of hydrogen-bond acceptors (Lipinski definition) is 7. The van der Waals surface area contributed by atoms with Crippen LogP contribution in [0.15, 0.2) is 35.7 Å². The van der Waals surface area contributed by atoms with Crippen LogP contribution in [0.4, 0.5) is 8.78 Å². The quantitative estimate of drug-likeness (QED) is 0.765. The number of alkyl halides is 2. The number of rotatable bonds is 5. The summed E-state index contributed by atoms with van der Waals surface area (Å²) in [5, 5.41) is 16.2. The Bertz CT molecular complexity index is 949. The van der Waals surface area contributed by atoms with Gasteiger partial charge in [-0.3, -0.25) is 9.89 Å². The summed E-state index contributed by atoms with van der Waals surface area (Å²) >= 11 is 0. The topological polar surface area (TPSA) is 123 Å². The molecular weight excluding hydrogens is 362 g/mol. The number of para-hydroxylation sites is 1. The van der Waals surface area contributed by atoms with Gasteiger partial charge in [-0.25, -0.2) is 0 Å². The number of H-pyrrole nitrogens is 1. The van der Waals surface area contributed by atoms with E-state index in [9.17, 15) is 18.8 Å². The van der Waals surface area contributed by atoms with Crippen molar-refractivity contribution in [1.82, 2.24) is 10.2 Å². The van der Waals surface area contributed by atoms with Gasteiger partial charge in [0, 0.05) is 5.56 Å². The second kappa shape index (κ2) is 7.33. The van der Waals surface area contributed by atoms with Gasteiger partial charge in [-0.15, -0.1) is 5.10 Å². The molecule has 1 aromatic heterocycles. The summed E-state index contributed by atoms with van der Waals surface area (Å²) in [6.07, 6.45) is -0.185. The molecule has 0 radical (unpaired) electrons. The number of benzene rings is 1. The van der Waals surface area contributed by atoms with Crippen LogP contribution < -0.4 is 15.2 Å². The number of esters is 1. The van der Waals surface area contributed by atoms with Crippen molar-refractivity contribution in [1.29, 1.82) is 5.26 Å². The van der Waals surface area contributed by atoms with Gasteiger partial charge in [0.15, 0.2) is 0 Å². The number of carbonyl (C=O) groups is 1. The minimum absolute atomic E-state index is 0.0136. The standard InChI is InChI=1S/C17H14F2N4O4/c1-25-12(24)6-10-14-13(8-4-2-3-5-11(8)26-17(18)19)9(7-20)15(21)27-16(14)23-22-10/h2-5,13,17H,6,21H2,1H3,(H,22,23)/t13-/m1/s1. The Labute approximate surface area is 152 Å². The number of nitriles is 1. The third-order valence-corrected chi connectivity index (χ3v) is 4.01. The Kier molecular flexibility index (Phi) is 4.94. The first kappa shape index (κ1) is 18.2. The second-order valence-electron chi connectivity index (χ2n) is 5.52. The van der Waals surface area contributed by atoms with Gasteiger partial charge < -0.3 is 19.9 Å². The fourth-order valence-corrected chi connectivity index (χ4v) is 2.89. The molecule has 3 rings (SSSR count). The molecular formula is C17H14F2N4O4. The van der Waals surface area contributed by atoms with E-state index in [1.54, 1.807) is 6.07 Å². The van der Waals surface area contributed by atoms with Crippen LogP contribution in [0.2, 0.25) is 0 Å². The fraction of sp³-hybridized carbons (Fsp3) is 0.235. The predicted molar refractivity (Wildman–Crippen MR) is 86.7 cm³/mol. The molecule has 27 heavy (non-hydrogen) atoms. The maximum Gasteiger partial charge on any atom is 0.387 e. The number of aromatic nitrogens is 2. The molecule has 1 atom stereocenters. The molecule has 2 heterocycles. The number of aromatic amines is 1. The van der Waals surface area contributed by atoms with Gasteiger partial charge in [-0.1, -0.05) is 18.2 Å². The van der Waals surface area contributed by atoms with Crippen LogP contribution in [0, 0.1) is 11.3 Å². The van der Waals surface area contributed by atoms with Gasteiger partial charge in [0.25, 0.3) is 0 Å². The molecule has 3 N–H and O–H groups in total. The molecule has 1 aliphatic rings. The Morgan fingerprint density at radius 1 is 1.48 bits per heavy atom. The molecule has 1 aliphatic heterocycles.